The number of rotatable bonds is 10. The van der Waals surface area contributed by atoms with Crippen LogP contribution in [0.15, 0.2) is 42.5 Å². The van der Waals surface area contributed by atoms with Crippen molar-refractivity contribution in [3.05, 3.63) is 65.5 Å². The average Bonchev–Trinajstić information content (AvgIpc) is 3.09. The molecule has 0 aliphatic carbocycles. The maximum absolute atomic E-state index is 15.0. The minimum atomic E-state index is -1.83. The Morgan fingerprint density at radius 1 is 1.14 bits per heavy atom. The molecule has 2 aromatic carbocycles. The lowest BCUT2D eigenvalue weighted by molar-refractivity contribution is -0.145. The number of carbonyl (C=O) groups excluding carboxylic acids is 1. The highest BCUT2D eigenvalue weighted by Crippen LogP contribution is 2.50. The number of halogens is 3. The summed E-state index contributed by atoms with van der Waals surface area (Å²) in [5, 5.41) is 14.3. The van der Waals surface area contributed by atoms with Gasteiger partial charge in [0, 0.05) is 25.6 Å². The van der Waals surface area contributed by atoms with E-state index in [0.717, 1.165) is 17.1 Å². The zero-order chi connectivity index (χ0) is 25.8. The predicted octanol–water partition coefficient (Wildman–Crippen LogP) is 3.74. The molecule has 1 amide bonds. The number of hydrazine groups is 1. The lowest BCUT2D eigenvalue weighted by Crippen LogP contribution is -2.57. The van der Waals surface area contributed by atoms with Crippen LogP contribution in [0.5, 0.6) is 0 Å². The zero-order valence-corrected chi connectivity index (χ0v) is 19.9. The van der Waals surface area contributed by atoms with Gasteiger partial charge in [0.1, 0.15) is 17.2 Å². The highest BCUT2D eigenvalue weighted by molar-refractivity contribution is 5.94. The standard InChI is InChI=1S/C25H30F3N3O4/c1-4-5-6-21-24(2,23(33)34)31(20-12-11-18(27)15-19(20)28)30-25(21,22(32)29-13-14-35-3)16-7-9-17(26)10-8-16/h7-12,15,21,30H,4-6,13-14H2,1-3H3,(H,29,32)(H,33,34). The predicted molar refractivity (Wildman–Crippen MR) is 124 cm³/mol. The fourth-order valence-electron chi connectivity index (χ4n) is 4.80. The first-order valence-corrected chi connectivity index (χ1v) is 11.4. The minimum absolute atomic E-state index is 0.134. The molecular weight excluding hydrogens is 463 g/mol. The van der Waals surface area contributed by atoms with Gasteiger partial charge >= 0.3 is 5.97 Å². The van der Waals surface area contributed by atoms with Gasteiger partial charge < -0.3 is 15.2 Å². The second-order valence-corrected chi connectivity index (χ2v) is 8.75. The van der Waals surface area contributed by atoms with Crippen LogP contribution in [0.1, 0.15) is 38.7 Å². The smallest absolute Gasteiger partial charge is 0.331 e. The second kappa shape index (κ2) is 10.7. The number of carboxylic acids is 1. The normalized spacial score (nSPS) is 23.9. The summed E-state index contributed by atoms with van der Waals surface area (Å²) >= 11 is 0. The first-order chi connectivity index (χ1) is 16.6. The van der Waals surface area contributed by atoms with Crippen molar-refractivity contribution < 1.29 is 32.6 Å². The maximum atomic E-state index is 15.0. The van der Waals surface area contributed by atoms with Gasteiger partial charge in [0.05, 0.1) is 12.3 Å². The number of carboxylic acid groups (broad SMARTS) is 1. The molecule has 7 nitrogen and oxygen atoms in total. The molecule has 1 aliphatic rings. The summed E-state index contributed by atoms with van der Waals surface area (Å²) in [5.74, 6) is -5.15. The van der Waals surface area contributed by atoms with Crippen molar-refractivity contribution in [1.82, 2.24) is 10.7 Å². The average molecular weight is 494 g/mol. The van der Waals surface area contributed by atoms with E-state index in [4.69, 9.17) is 4.74 Å². The molecule has 35 heavy (non-hydrogen) atoms. The van der Waals surface area contributed by atoms with Gasteiger partial charge in [0.2, 0.25) is 5.91 Å². The molecule has 1 saturated heterocycles. The molecule has 3 unspecified atom stereocenters. The fourth-order valence-corrected chi connectivity index (χ4v) is 4.80. The summed E-state index contributed by atoms with van der Waals surface area (Å²) in [5.41, 5.74) is -0.465. The number of aliphatic carboxylic acids is 1. The van der Waals surface area contributed by atoms with Crippen LogP contribution in [-0.2, 0) is 19.9 Å². The summed E-state index contributed by atoms with van der Waals surface area (Å²) in [6, 6.07) is 7.96. The van der Waals surface area contributed by atoms with Crippen molar-refractivity contribution in [2.24, 2.45) is 5.92 Å². The van der Waals surface area contributed by atoms with Gasteiger partial charge in [0.25, 0.3) is 0 Å². The van der Waals surface area contributed by atoms with E-state index in [0.29, 0.717) is 24.5 Å². The van der Waals surface area contributed by atoms with Gasteiger partial charge in [-0.2, -0.15) is 0 Å². The molecule has 0 aromatic heterocycles. The Labute approximate surface area is 202 Å². The van der Waals surface area contributed by atoms with Gasteiger partial charge in [-0.25, -0.2) is 23.4 Å². The lowest BCUT2D eigenvalue weighted by atomic mass is 9.68. The van der Waals surface area contributed by atoms with Crippen molar-refractivity contribution in [2.45, 2.75) is 44.2 Å². The summed E-state index contributed by atoms with van der Waals surface area (Å²) < 4.78 is 47.5. The Balaban J connectivity index is 2.28. The number of hydrogen-bond donors (Lipinski definition) is 3. The van der Waals surface area contributed by atoms with E-state index in [2.05, 4.69) is 10.7 Å². The van der Waals surface area contributed by atoms with Crippen LogP contribution in [0.4, 0.5) is 18.9 Å². The molecule has 3 rings (SSSR count). The molecule has 0 saturated carbocycles. The molecule has 1 fully saturated rings. The first-order valence-electron chi connectivity index (χ1n) is 11.4. The van der Waals surface area contributed by atoms with Gasteiger partial charge in [-0.05, 0) is 43.2 Å². The Hall–Kier alpha value is -3.11. The van der Waals surface area contributed by atoms with Crippen LogP contribution >= 0.6 is 0 Å². The van der Waals surface area contributed by atoms with Crippen LogP contribution in [0, 0.1) is 23.4 Å². The van der Waals surface area contributed by atoms with E-state index in [1.807, 2.05) is 6.92 Å². The van der Waals surface area contributed by atoms with Crippen LogP contribution in [0.3, 0.4) is 0 Å². The van der Waals surface area contributed by atoms with Gasteiger partial charge in [-0.1, -0.05) is 31.9 Å². The number of amides is 1. The van der Waals surface area contributed by atoms with E-state index in [1.165, 1.54) is 38.3 Å². The van der Waals surface area contributed by atoms with Crippen molar-refractivity contribution >= 4 is 17.6 Å². The first kappa shape index (κ1) is 26.5. The van der Waals surface area contributed by atoms with Crippen LogP contribution in [0.25, 0.3) is 0 Å². The summed E-state index contributed by atoms with van der Waals surface area (Å²) in [4.78, 5) is 26.7. The molecule has 190 valence electrons. The van der Waals surface area contributed by atoms with E-state index in [9.17, 15) is 27.9 Å². The van der Waals surface area contributed by atoms with E-state index >= 15 is 0 Å². The Morgan fingerprint density at radius 2 is 1.80 bits per heavy atom. The molecule has 10 heteroatoms. The largest absolute Gasteiger partial charge is 0.479 e. The molecular formula is C25H30F3N3O4. The number of hydrogen-bond acceptors (Lipinski definition) is 5. The molecule has 0 radical (unpaired) electrons. The fraction of sp³-hybridized carbons (Fsp3) is 0.440. The molecule has 0 spiro atoms. The molecule has 3 atom stereocenters. The summed E-state index contributed by atoms with van der Waals surface area (Å²) in [6.07, 6.45) is 1.56. The number of ether oxygens (including phenoxy) is 1. The number of methoxy groups -OCH3 is 1. The summed E-state index contributed by atoms with van der Waals surface area (Å²) in [7, 11) is 1.47. The van der Waals surface area contributed by atoms with Crippen molar-refractivity contribution in [3.8, 4) is 0 Å². The Morgan fingerprint density at radius 3 is 2.37 bits per heavy atom. The highest BCUT2D eigenvalue weighted by atomic mass is 19.1. The maximum Gasteiger partial charge on any atom is 0.331 e. The highest BCUT2D eigenvalue weighted by Gasteiger charge is 2.66. The SMILES string of the molecule is CCCCC1C(C(=O)NCCOC)(c2ccc(F)cc2)NN(c2ccc(F)cc2F)C1(C)C(=O)O. The third kappa shape index (κ3) is 4.72. The van der Waals surface area contributed by atoms with Crippen LogP contribution in [0.2, 0.25) is 0 Å². The van der Waals surface area contributed by atoms with Crippen molar-refractivity contribution in [1.29, 1.82) is 0 Å². The topological polar surface area (TPSA) is 90.9 Å². The number of nitrogens with zero attached hydrogens (tertiary/aromatic N) is 1. The van der Waals surface area contributed by atoms with E-state index in [-0.39, 0.29) is 25.3 Å². The quantitative estimate of drug-likeness (QED) is 0.437. The van der Waals surface area contributed by atoms with Crippen LogP contribution < -0.4 is 15.8 Å². The third-order valence-corrected chi connectivity index (χ3v) is 6.63. The Bertz CT molecular complexity index is 1070. The number of nitrogens with one attached hydrogen (secondary N) is 2. The zero-order valence-electron chi connectivity index (χ0n) is 19.9. The number of anilines is 1. The molecule has 2 aromatic rings. The van der Waals surface area contributed by atoms with E-state index < -0.39 is 46.3 Å². The van der Waals surface area contributed by atoms with Gasteiger partial charge in [-0.3, -0.25) is 9.80 Å². The lowest BCUT2D eigenvalue weighted by Gasteiger charge is -2.37. The number of benzene rings is 2. The molecule has 1 aliphatic heterocycles. The number of carbonyl (C=O) groups is 2. The van der Waals surface area contributed by atoms with Gasteiger partial charge in [0.15, 0.2) is 11.4 Å². The Kier molecular flexibility index (Phi) is 8.07. The van der Waals surface area contributed by atoms with Crippen molar-refractivity contribution in [3.63, 3.8) is 0 Å². The summed E-state index contributed by atoms with van der Waals surface area (Å²) in [6.45, 7) is 3.67. The molecule has 0 bridgehead atoms. The third-order valence-electron chi connectivity index (χ3n) is 6.63. The van der Waals surface area contributed by atoms with Gasteiger partial charge in [-0.15, -0.1) is 0 Å². The monoisotopic (exact) mass is 493 g/mol. The number of unbranched alkanes of at least 4 members (excludes halogenated alkanes) is 1. The second-order valence-electron chi connectivity index (χ2n) is 8.75. The molecule has 3 N–H and O–H groups in total. The van der Waals surface area contributed by atoms with Crippen LogP contribution in [-0.4, -0.2) is 42.8 Å². The van der Waals surface area contributed by atoms with E-state index in [1.54, 1.807) is 0 Å². The van der Waals surface area contributed by atoms with Crippen molar-refractivity contribution in [2.75, 3.05) is 25.3 Å². The minimum Gasteiger partial charge on any atom is -0.479 e. The molecule has 1 heterocycles.